The van der Waals surface area contributed by atoms with Crippen molar-refractivity contribution in [1.29, 1.82) is 0 Å². The number of rotatable bonds is 2. The van der Waals surface area contributed by atoms with Crippen LogP contribution in [0.25, 0.3) is 0 Å². The first-order valence-corrected chi connectivity index (χ1v) is 6.61. The second kappa shape index (κ2) is 5.43. The van der Waals surface area contributed by atoms with E-state index in [-0.39, 0.29) is 11.8 Å². The molecule has 2 amide bonds. The molecule has 1 aliphatic heterocycles. The molecule has 0 aromatic heterocycles. The quantitative estimate of drug-likeness (QED) is 0.877. The van der Waals surface area contributed by atoms with Crippen LogP contribution in [0.3, 0.4) is 0 Å². The maximum absolute atomic E-state index is 12.2. The Bertz CT molecular complexity index is 511. The summed E-state index contributed by atoms with van der Waals surface area (Å²) in [6.45, 7) is 6.93. The maximum Gasteiger partial charge on any atom is 0.245 e. The van der Waals surface area contributed by atoms with Crippen molar-refractivity contribution in [3.05, 3.63) is 34.9 Å². The molecule has 1 saturated heterocycles. The standard InChI is InChI=1S/C15H20N2O2/c1-10-4-5-13(8-11(10)2)9-17-7-6-14(18)16-12(3)15(17)19/h4-5,8,12H,6-7,9H2,1-3H3,(H,16,18). The topological polar surface area (TPSA) is 49.4 Å². The van der Waals surface area contributed by atoms with E-state index >= 15 is 0 Å². The smallest absolute Gasteiger partial charge is 0.245 e. The summed E-state index contributed by atoms with van der Waals surface area (Å²) in [4.78, 5) is 25.4. The fourth-order valence-electron chi connectivity index (χ4n) is 2.28. The molecule has 2 rings (SSSR count). The molecule has 1 N–H and O–H groups in total. The highest BCUT2D eigenvalue weighted by Crippen LogP contribution is 2.14. The first-order chi connectivity index (χ1) is 8.97. The average Bonchev–Trinajstić information content (AvgIpc) is 2.47. The molecule has 4 heteroatoms. The molecular formula is C15H20N2O2. The van der Waals surface area contributed by atoms with Crippen LogP contribution in [0.1, 0.15) is 30.0 Å². The molecule has 1 atom stereocenters. The van der Waals surface area contributed by atoms with E-state index in [2.05, 4.69) is 31.3 Å². The molecule has 4 nitrogen and oxygen atoms in total. The number of benzene rings is 1. The molecule has 1 heterocycles. The average molecular weight is 260 g/mol. The molecule has 102 valence electrons. The van der Waals surface area contributed by atoms with Gasteiger partial charge in [-0.1, -0.05) is 18.2 Å². The fourth-order valence-corrected chi connectivity index (χ4v) is 2.28. The van der Waals surface area contributed by atoms with E-state index in [4.69, 9.17) is 0 Å². The predicted molar refractivity (Wildman–Crippen MR) is 73.6 cm³/mol. The number of nitrogens with one attached hydrogen (secondary N) is 1. The normalized spacial score (nSPS) is 20.2. The van der Waals surface area contributed by atoms with Gasteiger partial charge in [-0.3, -0.25) is 9.59 Å². The van der Waals surface area contributed by atoms with Crippen LogP contribution in [-0.2, 0) is 16.1 Å². The number of amides is 2. The van der Waals surface area contributed by atoms with E-state index in [1.807, 2.05) is 6.07 Å². The number of hydrogen-bond acceptors (Lipinski definition) is 2. The Morgan fingerprint density at radius 3 is 2.68 bits per heavy atom. The summed E-state index contributed by atoms with van der Waals surface area (Å²) in [6, 6.07) is 5.79. The summed E-state index contributed by atoms with van der Waals surface area (Å²) in [5.41, 5.74) is 3.58. The van der Waals surface area contributed by atoms with Gasteiger partial charge in [0.1, 0.15) is 6.04 Å². The molecule has 1 unspecified atom stereocenters. The minimum Gasteiger partial charge on any atom is -0.345 e. The third kappa shape index (κ3) is 3.13. The van der Waals surface area contributed by atoms with E-state index in [1.54, 1.807) is 11.8 Å². The minimum atomic E-state index is -0.429. The molecule has 0 aliphatic carbocycles. The first-order valence-electron chi connectivity index (χ1n) is 6.61. The lowest BCUT2D eigenvalue weighted by molar-refractivity contribution is -0.133. The van der Waals surface area contributed by atoms with Gasteiger partial charge in [-0.15, -0.1) is 0 Å². The number of aryl methyl sites for hydroxylation is 2. The fraction of sp³-hybridized carbons (Fsp3) is 0.467. The second-order valence-electron chi connectivity index (χ2n) is 5.22. The van der Waals surface area contributed by atoms with Gasteiger partial charge in [-0.05, 0) is 37.5 Å². The molecule has 0 bridgehead atoms. The van der Waals surface area contributed by atoms with Crippen molar-refractivity contribution in [2.45, 2.75) is 39.8 Å². The van der Waals surface area contributed by atoms with E-state index in [9.17, 15) is 9.59 Å². The van der Waals surface area contributed by atoms with Crippen LogP contribution >= 0.6 is 0 Å². The van der Waals surface area contributed by atoms with Gasteiger partial charge < -0.3 is 10.2 Å². The molecule has 1 fully saturated rings. The van der Waals surface area contributed by atoms with Gasteiger partial charge in [-0.25, -0.2) is 0 Å². The van der Waals surface area contributed by atoms with Gasteiger partial charge in [-0.2, -0.15) is 0 Å². The molecule has 0 saturated carbocycles. The Labute approximate surface area is 113 Å². The van der Waals surface area contributed by atoms with E-state index in [0.717, 1.165) is 5.56 Å². The van der Waals surface area contributed by atoms with Gasteiger partial charge in [0.15, 0.2) is 0 Å². The SMILES string of the molecule is Cc1ccc(CN2CCC(=O)NC(C)C2=O)cc1C. The van der Waals surface area contributed by atoms with Crippen molar-refractivity contribution in [3.63, 3.8) is 0 Å². The first kappa shape index (κ1) is 13.6. The Morgan fingerprint density at radius 1 is 1.26 bits per heavy atom. The van der Waals surface area contributed by atoms with Crippen molar-refractivity contribution in [2.24, 2.45) is 0 Å². The zero-order valence-electron chi connectivity index (χ0n) is 11.7. The second-order valence-corrected chi connectivity index (χ2v) is 5.22. The largest absolute Gasteiger partial charge is 0.345 e. The van der Waals surface area contributed by atoms with E-state index < -0.39 is 6.04 Å². The Balaban J connectivity index is 2.14. The number of nitrogens with zero attached hydrogens (tertiary/aromatic N) is 1. The molecule has 0 spiro atoms. The Kier molecular flexibility index (Phi) is 3.88. The summed E-state index contributed by atoms with van der Waals surface area (Å²) < 4.78 is 0. The third-order valence-corrected chi connectivity index (χ3v) is 3.61. The van der Waals surface area contributed by atoms with Crippen molar-refractivity contribution in [3.8, 4) is 0 Å². The zero-order valence-corrected chi connectivity index (χ0v) is 11.7. The lowest BCUT2D eigenvalue weighted by Crippen LogP contribution is -2.42. The summed E-state index contributed by atoms with van der Waals surface area (Å²) in [5.74, 6) is -0.0625. The minimum absolute atomic E-state index is 0.0101. The zero-order chi connectivity index (χ0) is 14.0. The van der Waals surface area contributed by atoms with E-state index in [0.29, 0.717) is 19.5 Å². The molecule has 0 radical (unpaired) electrons. The van der Waals surface area contributed by atoms with Crippen LogP contribution in [0, 0.1) is 13.8 Å². The number of carbonyl (C=O) groups excluding carboxylic acids is 2. The molecular weight excluding hydrogens is 240 g/mol. The van der Waals surface area contributed by atoms with Crippen LogP contribution in [0.4, 0.5) is 0 Å². The van der Waals surface area contributed by atoms with Gasteiger partial charge in [0.05, 0.1) is 0 Å². The van der Waals surface area contributed by atoms with Gasteiger partial charge in [0, 0.05) is 19.5 Å². The predicted octanol–water partition coefficient (Wildman–Crippen LogP) is 1.54. The van der Waals surface area contributed by atoms with Gasteiger partial charge in [0.25, 0.3) is 0 Å². The van der Waals surface area contributed by atoms with Crippen LogP contribution in [0.15, 0.2) is 18.2 Å². The Morgan fingerprint density at radius 2 is 2.00 bits per heavy atom. The van der Waals surface area contributed by atoms with E-state index in [1.165, 1.54) is 11.1 Å². The monoisotopic (exact) mass is 260 g/mol. The maximum atomic E-state index is 12.2. The summed E-state index contributed by atoms with van der Waals surface area (Å²) in [5, 5.41) is 2.70. The highest BCUT2D eigenvalue weighted by Gasteiger charge is 2.26. The summed E-state index contributed by atoms with van der Waals surface area (Å²) in [7, 11) is 0. The molecule has 19 heavy (non-hydrogen) atoms. The van der Waals surface area contributed by atoms with Crippen LogP contribution in [0.5, 0.6) is 0 Å². The number of carbonyl (C=O) groups is 2. The van der Waals surface area contributed by atoms with Crippen molar-refractivity contribution >= 4 is 11.8 Å². The van der Waals surface area contributed by atoms with Crippen LogP contribution in [-0.4, -0.2) is 29.3 Å². The summed E-state index contributed by atoms with van der Waals surface area (Å²) >= 11 is 0. The summed E-state index contributed by atoms with van der Waals surface area (Å²) in [6.07, 6.45) is 0.376. The molecule has 1 aromatic carbocycles. The van der Waals surface area contributed by atoms with Crippen molar-refractivity contribution in [1.82, 2.24) is 10.2 Å². The molecule has 1 aliphatic rings. The third-order valence-electron chi connectivity index (χ3n) is 3.61. The lowest BCUT2D eigenvalue weighted by atomic mass is 10.1. The van der Waals surface area contributed by atoms with Crippen molar-refractivity contribution < 1.29 is 9.59 Å². The van der Waals surface area contributed by atoms with Gasteiger partial charge in [0.2, 0.25) is 11.8 Å². The van der Waals surface area contributed by atoms with Crippen molar-refractivity contribution in [2.75, 3.05) is 6.54 Å². The van der Waals surface area contributed by atoms with Crippen LogP contribution in [0.2, 0.25) is 0 Å². The molecule has 1 aromatic rings. The number of hydrogen-bond donors (Lipinski definition) is 1. The lowest BCUT2D eigenvalue weighted by Gasteiger charge is -2.22. The highest BCUT2D eigenvalue weighted by molar-refractivity contribution is 5.89. The Hall–Kier alpha value is -1.84. The van der Waals surface area contributed by atoms with Gasteiger partial charge >= 0.3 is 0 Å². The highest BCUT2D eigenvalue weighted by atomic mass is 16.2. The van der Waals surface area contributed by atoms with Crippen LogP contribution < -0.4 is 5.32 Å².